The lowest BCUT2D eigenvalue weighted by Crippen LogP contribution is -2.20. The van der Waals surface area contributed by atoms with E-state index in [0.717, 1.165) is 0 Å². The standard InChI is InChI=1S/C15H14ClN3O5S/c1-23-12-3-2-9(16)6-13(12)25(21,22)19-10-7-11-14(20)17-4-5-24-15(11)18-8-10/h2-3,6-8,19H,4-5H2,1H3,(H,17,20)/p-1. The first-order chi connectivity index (χ1) is 11.9. The van der Waals surface area contributed by atoms with Gasteiger partial charge in [-0.15, -0.1) is 0 Å². The zero-order chi connectivity index (χ0) is 18.0. The molecule has 1 aliphatic rings. The van der Waals surface area contributed by atoms with Crippen molar-refractivity contribution in [3.63, 3.8) is 0 Å². The van der Waals surface area contributed by atoms with E-state index in [-0.39, 0.29) is 46.0 Å². The number of hydrogen-bond acceptors (Lipinski definition) is 7. The third kappa shape index (κ3) is 3.62. The first-order valence-electron chi connectivity index (χ1n) is 7.12. The summed E-state index contributed by atoms with van der Waals surface area (Å²) >= 11 is 5.88. The second kappa shape index (κ2) is 6.77. The predicted molar refractivity (Wildman–Crippen MR) is 89.9 cm³/mol. The molecule has 132 valence electrons. The number of ether oxygens (including phenoxy) is 2. The molecule has 25 heavy (non-hydrogen) atoms. The summed E-state index contributed by atoms with van der Waals surface area (Å²) in [6, 6.07) is 5.56. The van der Waals surface area contributed by atoms with Crippen LogP contribution in [-0.4, -0.2) is 39.6 Å². The number of hydrogen-bond donors (Lipinski definition) is 1. The first kappa shape index (κ1) is 17.3. The summed E-state index contributed by atoms with van der Waals surface area (Å²) in [7, 11) is -2.66. The van der Waals surface area contributed by atoms with Crippen molar-refractivity contribution in [3.8, 4) is 11.6 Å². The van der Waals surface area contributed by atoms with Crippen LogP contribution in [0, 0.1) is 0 Å². The highest BCUT2D eigenvalue weighted by molar-refractivity contribution is 7.92. The van der Waals surface area contributed by atoms with E-state index in [1.54, 1.807) is 0 Å². The Morgan fingerprint density at radius 2 is 2.16 bits per heavy atom. The van der Waals surface area contributed by atoms with Crippen LogP contribution in [0.25, 0.3) is 0 Å². The van der Waals surface area contributed by atoms with Crippen molar-refractivity contribution in [2.75, 3.05) is 25.0 Å². The molecule has 0 saturated heterocycles. The average Bonchev–Trinajstić information content (AvgIpc) is 2.76. The highest BCUT2D eigenvalue weighted by Crippen LogP contribution is 2.29. The van der Waals surface area contributed by atoms with E-state index in [4.69, 9.17) is 21.1 Å². The monoisotopic (exact) mass is 382 g/mol. The number of anilines is 1. The van der Waals surface area contributed by atoms with Crippen LogP contribution < -0.4 is 19.3 Å². The van der Waals surface area contributed by atoms with Gasteiger partial charge in [0.15, 0.2) is 0 Å². The highest BCUT2D eigenvalue weighted by atomic mass is 35.5. The summed E-state index contributed by atoms with van der Waals surface area (Å²) in [6.07, 6.45) is 1.26. The molecule has 0 radical (unpaired) electrons. The third-order valence-electron chi connectivity index (χ3n) is 3.33. The number of nitrogens with zero attached hydrogens (tertiary/aromatic N) is 2. The van der Waals surface area contributed by atoms with Crippen molar-refractivity contribution in [2.45, 2.75) is 4.90 Å². The zero-order valence-electron chi connectivity index (χ0n) is 13.0. The largest absolute Gasteiger partial charge is 0.858 e. The van der Waals surface area contributed by atoms with Gasteiger partial charge in [-0.25, -0.2) is 13.4 Å². The minimum atomic E-state index is -4.01. The van der Waals surface area contributed by atoms with Crippen LogP contribution in [-0.2, 0) is 10.0 Å². The minimum Gasteiger partial charge on any atom is -0.858 e. The third-order valence-corrected chi connectivity index (χ3v) is 4.97. The number of pyridine rings is 1. The average molecular weight is 383 g/mol. The molecular formula is C15H13ClN3O5S-. The number of benzene rings is 1. The zero-order valence-corrected chi connectivity index (χ0v) is 14.6. The van der Waals surface area contributed by atoms with Crippen molar-refractivity contribution in [2.24, 2.45) is 4.99 Å². The Morgan fingerprint density at radius 3 is 2.92 bits per heavy atom. The van der Waals surface area contributed by atoms with Gasteiger partial charge in [0, 0.05) is 10.6 Å². The number of aromatic nitrogens is 1. The molecule has 0 fully saturated rings. The Morgan fingerprint density at radius 1 is 1.36 bits per heavy atom. The molecule has 2 aromatic rings. The fourth-order valence-corrected chi connectivity index (χ4v) is 3.69. The summed E-state index contributed by atoms with van der Waals surface area (Å²) < 4.78 is 38.0. The molecule has 1 aliphatic heterocycles. The number of halogens is 1. The summed E-state index contributed by atoms with van der Waals surface area (Å²) in [4.78, 5) is 7.63. The van der Waals surface area contributed by atoms with Gasteiger partial charge in [0.05, 0.1) is 25.5 Å². The molecule has 8 nitrogen and oxygen atoms in total. The molecule has 1 aromatic heterocycles. The number of sulfonamides is 1. The lowest BCUT2D eigenvalue weighted by molar-refractivity contribution is -0.213. The lowest BCUT2D eigenvalue weighted by atomic mass is 10.2. The van der Waals surface area contributed by atoms with Crippen molar-refractivity contribution in [3.05, 3.63) is 41.0 Å². The van der Waals surface area contributed by atoms with E-state index in [1.165, 1.54) is 37.6 Å². The number of nitrogens with one attached hydrogen (secondary N) is 1. The summed E-state index contributed by atoms with van der Waals surface area (Å²) in [5, 5.41) is 12.2. The molecule has 0 bridgehead atoms. The van der Waals surface area contributed by atoms with Gasteiger partial charge in [0.25, 0.3) is 10.0 Å². The second-order valence-corrected chi connectivity index (χ2v) is 7.10. The molecule has 0 amide bonds. The van der Waals surface area contributed by atoms with Crippen molar-refractivity contribution < 1.29 is 23.0 Å². The van der Waals surface area contributed by atoms with E-state index in [9.17, 15) is 13.5 Å². The van der Waals surface area contributed by atoms with Gasteiger partial charge in [0.2, 0.25) is 5.88 Å². The van der Waals surface area contributed by atoms with Gasteiger partial charge in [-0.3, -0.25) is 9.71 Å². The van der Waals surface area contributed by atoms with E-state index < -0.39 is 15.9 Å². The van der Waals surface area contributed by atoms with Gasteiger partial charge in [-0.1, -0.05) is 11.6 Å². The highest BCUT2D eigenvalue weighted by Gasteiger charge is 2.21. The van der Waals surface area contributed by atoms with Crippen LogP contribution in [0.4, 0.5) is 5.69 Å². The maximum atomic E-state index is 12.6. The number of aliphatic imine (C=N–C) groups is 1. The van der Waals surface area contributed by atoms with Crippen LogP contribution in [0.1, 0.15) is 5.56 Å². The molecule has 0 saturated carbocycles. The maximum absolute atomic E-state index is 12.6. The second-order valence-electron chi connectivity index (χ2n) is 5.01. The van der Waals surface area contributed by atoms with E-state index >= 15 is 0 Å². The molecule has 0 atom stereocenters. The molecule has 10 heteroatoms. The van der Waals surface area contributed by atoms with Crippen molar-refractivity contribution in [1.29, 1.82) is 0 Å². The molecule has 2 heterocycles. The fourth-order valence-electron chi connectivity index (χ4n) is 2.22. The Balaban J connectivity index is 1.98. The van der Waals surface area contributed by atoms with Gasteiger partial charge < -0.3 is 14.6 Å². The predicted octanol–water partition coefficient (Wildman–Crippen LogP) is 1.04. The molecule has 0 unspecified atom stereocenters. The topological polar surface area (TPSA) is 113 Å². The minimum absolute atomic E-state index is 0.0924. The fraction of sp³-hybridized carbons (Fsp3) is 0.200. The maximum Gasteiger partial charge on any atom is 0.265 e. The van der Waals surface area contributed by atoms with Crippen LogP contribution in [0.2, 0.25) is 5.02 Å². The smallest absolute Gasteiger partial charge is 0.265 e. The molecule has 1 aromatic carbocycles. The first-order valence-corrected chi connectivity index (χ1v) is 8.98. The summed E-state index contributed by atoms with van der Waals surface area (Å²) in [5.41, 5.74) is 0.186. The van der Waals surface area contributed by atoms with E-state index in [0.29, 0.717) is 0 Å². The SMILES string of the molecule is COc1ccc(Cl)cc1S(=O)(=O)Nc1cnc2c(c1)C([O-])=NCCO2. The molecule has 0 spiro atoms. The van der Waals surface area contributed by atoms with E-state index in [2.05, 4.69) is 14.7 Å². The van der Waals surface area contributed by atoms with Crippen molar-refractivity contribution >= 4 is 33.2 Å². The Labute approximate surface area is 149 Å². The summed E-state index contributed by atoms with van der Waals surface area (Å²) in [6.45, 7) is 0.451. The van der Waals surface area contributed by atoms with Gasteiger partial charge in [-0.05, 0) is 30.2 Å². The Bertz CT molecular complexity index is 946. The van der Waals surface area contributed by atoms with Crippen molar-refractivity contribution in [1.82, 2.24) is 4.98 Å². The molecule has 0 aliphatic carbocycles. The molecular weight excluding hydrogens is 370 g/mol. The number of rotatable bonds is 4. The number of fused-ring (bicyclic) bond motifs is 1. The number of methoxy groups -OCH3 is 1. The van der Waals surface area contributed by atoms with Crippen LogP contribution in [0.3, 0.4) is 0 Å². The summed E-state index contributed by atoms with van der Waals surface area (Å²) in [5.74, 6) is -0.259. The lowest BCUT2D eigenvalue weighted by Gasteiger charge is -2.15. The molecule has 1 N–H and O–H groups in total. The van der Waals surface area contributed by atoms with Crippen LogP contribution >= 0.6 is 11.6 Å². The quantitative estimate of drug-likeness (QED) is 0.845. The van der Waals surface area contributed by atoms with Gasteiger partial charge >= 0.3 is 0 Å². The Kier molecular flexibility index (Phi) is 4.69. The normalized spacial score (nSPS) is 13.9. The van der Waals surface area contributed by atoms with E-state index in [1.807, 2.05) is 0 Å². The van der Waals surface area contributed by atoms with Crippen LogP contribution in [0.15, 0.2) is 40.4 Å². The van der Waals surface area contributed by atoms with Gasteiger partial charge in [-0.2, -0.15) is 0 Å². The molecule has 3 rings (SSSR count). The Hall–Kier alpha value is -2.52. The van der Waals surface area contributed by atoms with Crippen LogP contribution in [0.5, 0.6) is 11.6 Å². The van der Waals surface area contributed by atoms with Gasteiger partial charge in [0.1, 0.15) is 17.3 Å².